The topological polar surface area (TPSA) is 15.3 Å². The van der Waals surface area contributed by atoms with E-state index in [0.29, 0.717) is 11.6 Å². The summed E-state index contributed by atoms with van der Waals surface area (Å²) < 4.78 is 24.9. The smallest absolute Gasteiger partial charge is 0.263 e. The van der Waals surface area contributed by atoms with Crippen molar-refractivity contribution in [3.05, 3.63) is 58.6 Å². The van der Waals surface area contributed by atoms with E-state index in [0.717, 1.165) is 16.9 Å². The molecule has 0 amide bonds. The molecule has 0 aliphatic carbocycles. The standard InChI is InChI=1S/C16H17ClF2N2/c1-21(2)15-8-7-13(9-14(15)17)20-10-11-3-5-12(6-4-11)16(18)19/h3-9,16,20H,10H2,1-2H3. The van der Waals surface area contributed by atoms with Gasteiger partial charge in [-0.3, -0.25) is 0 Å². The van der Waals surface area contributed by atoms with Gasteiger partial charge in [-0.2, -0.15) is 0 Å². The molecule has 0 spiro atoms. The number of alkyl halides is 2. The van der Waals surface area contributed by atoms with Crippen molar-refractivity contribution in [2.75, 3.05) is 24.3 Å². The highest BCUT2D eigenvalue weighted by Gasteiger charge is 2.06. The van der Waals surface area contributed by atoms with E-state index in [9.17, 15) is 8.78 Å². The first-order chi connectivity index (χ1) is 9.97. The molecular formula is C16H17ClF2N2. The van der Waals surface area contributed by atoms with Crippen molar-refractivity contribution in [2.24, 2.45) is 0 Å². The van der Waals surface area contributed by atoms with Crippen LogP contribution in [0.2, 0.25) is 5.02 Å². The van der Waals surface area contributed by atoms with Gasteiger partial charge in [-0.1, -0.05) is 35.9 Å². The minimum atomic E-state index is -2.43. The molecule has 2 aromatic carbocycles. The molecule has 0 aliphatic heterocycles. The zero-order valence-corrected chi connectivity index (χ0v) is 12.7. The number of anilines is 2. The van der Waals surface area contributed by atoms with Gasteiger partial charge in [0.25, 0.3) is 6.43 Å². The first-order valence-electron chi connectivity index (χ1n) is 6.55. The first-order valence-corrected chi connectivity index (χ1v) is 6.93. The number of nitrogens with zero attached hydrogens (tertiary/aromatic N) is 1. The lowest BCUT2D eigenvalue weighted by Gasteiger charge is -2.15. The fourth-order valence-corrected chi connectivity index (χ4v) is 2.31. The van der Waals surface area contributed by atoms with Crippen LogP contribution >= 0.6 is 11.6 Å². The number of hydrogen-bond acceptors (Lipinski definition) is 2. The minimum Gasteiger partial charge on any atom is -0.381 e. The Morgan fingerprint density at radius 1 is 1.10 bits per heavy atom. The van der Waals surface area contributed by atoms with Crippen LogP contribution in [0.5, 0.6) is 0 Å². The molecule has 0 aromatic heterocycles. The van der Waals surface area contributed by atoms with E-state index >= 15 is 0 Å². The van der Waals surface area contributed by atoms with Gasteiger partial charge < -0.3 is 10.2 Å². The van der Waals surface area contributed by atoms with E-state index in [1.54, 1.807) is 12.1 Å². The van der Waals surface area contributed by atoms with E-state index in [4.69, 9.17) is 11.6 Å². The Hall–Kier alpha value is -1.81. The van der Waals surface area contributed by atoms with Crippen LogP contribution < -0.4 is 10.2 Å². The normalized spacial score (nSPS) is 10.8. The van der Waals surface area contributed by atoms with Gasteiger partial charge >= 0.3 is 0 Å². The third kappa shape index (κ3) is 4.08. The molecule has 0 unspecified atom stereocenters. The van der Waals surface area contributed by atoms with Gasteiger partial charge in [0.15, 0.2) is 0 Å². The highest BCUT2D eigenvalue weighted by atomic mass is 35.5. The molecule has 2 aromatic rings. The van der Waals surface area contributed by atoms with Crippen molar-refractivity contribution < 1.29 is 8.78 Å². The fourth-order valence-electron chi connectivity index (χ4n) is 1.96. The average Bonchev–Trinajstić information content (AvgIpc) is 2.45. The first kappa shape index (κ1) is 15.6. The lowest BCUT2D eigenvalue weighted by molar-refractivity contribution is 0.151. The van der Waals surface area contributed by atoms with Crippen LogP contribution in [-0.2, 0) is 6.54 Å². The molecule has 0 fully saturated rings. The quantitative estimate of drug-likeness (QED) is 0.840. The van der Waals surface area contributed by atoms with E-state index in [1.165, 1.54) is 12.1 Å². The van der Waals surface area contributed by atoms with Crippen molar-refractivity contribution in [1.29, 1.82) is 0 Å². The van der Waals surface area contributed by atoms with Crippen molar-refractivity contribution in [3.8, 4) is 0 Å². The Labute approximate surface area is 128 Å². The molecule has 2 rings (SSSR count). The van der Waals surface area contributed by atoms with Crippen molar-refractivity contribution in [1.82, 2.24) is 0 Å². The van der Waals surface area contributed by atoms with Crippen LogP contribution in [0.1, 0.15) is 17.6 Å². The Balaban J connectivity index is 2.01. The maximum atomic E-state index is 12.5. The second-order valence-electron chi connectivity index (χ2n) is 4.96. The molecular weight excluding hydrogens is 294 g/mol. The Morgan fingerprint density at radius 2 is 1.76 bits per heavy atom. The second kappa shape index (κ2) is 6.76. The minimum absolute atomic E-state index is 0.0390. The highest BCUT2D eigenvalue weighted by Crippen LogP contribution is 2.27. The van der Waals surface area contributed by atoms with Gasteiger partial charge in [0.05, 0.1) is 10.7 Å². The van der Waals surface area contributed by atoms with Gasteiger partial charge in [-0.05, 0) is 23.8 Å². The lowest BCUT2D eigenvalue weighted by Crippen LogP contribution is -2.09. The van der Waals surface area contributed by atoms with Crippen molar-refractivity contribution >= 4 is 23.0 Å². The van der Waals surface area contributed by atoms with Gasteiger partial charge in [0.1, 0.15) is 0 Å². The number of rotatable bonds is 5. The molecule has 2 nitrogen and oxygen atoms in total. The molecule has 21 heavy (non-hydrogen) atoms. The van der Waals surface area contributed by atoms with Crippen molar-refractivity contribution in [3.63, 3.8) is 0 Å². The van der Waals surface area contributed by atoms with Crippen LogP contribution in [0, 0.1) is 0 Å². The molecule has 112 valence electrons. The Kier molecular flexibility index (Phi) is 5.02. The van der Waals surface area contributed by atoms with Crippen molar-refractivity contribution in [2.45, 2.75) is 13.0 Å². The third-order valence-corrected chi connectivity index (χ3v) is 3.46. The monoisotopic (exact) mass is 310 g/mol. The van der Waals surface area contributed by atoms with Gasteiger partial charge in [-0.25, -0.2) is 8.78 Å². The maximum absolute atomic E-state index is 12.5. The van der Waals surface area contributed by atoms with Gasteiger partial charge in [0.2, 0.25) is 0 Å². The van der Waals surface area contributed by atoms with Gasteiger partial charge in [-0.15, -0.1) is 0 Å². The average molecular weight is 311 g/mol. The Bertz CT molecular complexity index is 598. The second-order valence-corrected chi connectivity index (χ2v) is 5.36. The summed E-state index contributed by atoms with van der Waals surface area (Å²) >= 11 is 6.20. The third-order valence-electron chi connectivity index (χ3n) is 3.16. The van der Waals surface area contributed by atoms with E-state index < -0.39 is 6.43 Å². The molecule has 0 radical (unpaired) electrons. The molecule has 0 saturated carbocycles. The summed E-state index contributed by atoms with van der Waals surface area (Å²) in [6.07, 6.45) is -2.43. The zero-order valence-electron chi connectivity index (χ0n) is 11.9. The highest BCUT2D eigenvalue weighted by molar-refractivity contribution is 6.33. The lowest BCUT2D eigenvalue weighted by atomic mass is 10.1. The molecule has 0 bridgehead atoms. The predicted octanol–water partition coefficient (Wildman–Crippen LogP) is 4.96. The van der Waals surface area contributed by atoms with Crippen LogP contribution in [0.3, 0.4) is 0 Å². The van der Waals surface area contributed by atoms with Crippen LogP contribution in [0.15, 0.2) is 42.5 Å². The summed E-state index contributed by atoms with van der Waals surface area (Å²) in [5.74, 6) is 0. The summed E-state index contributed by atoms with van der Waals surface area (Å²) in [5, 5.41) is 3.89. The molecule has 0 atom stereocenters. The van der Waals surface area contributed by atoms with E-state index in [2.05, 4.69) is 5.32 Å². The Morgan fingerprint density at radius 3 is 2.29 bits per heavy atom. The predicted molar refractivity (Wildman–Crippen MR) is 84.5 cm³/mol. The summed E-state index contributed by atoms with van der Waals surface area (Å²) in [6.45, 7) is 0.557. The summed E-state index contributed by atoms with van der Waals surface area (Å²) in [5.41, 5.74) is 2.82. The van der Waals surface area contributed by atoms with E-state index in [-0.39, 0.29) is 5.56 Å². The number of hydrogen-bond donors (Lipinski definition) is 1. The molecule has 1 N–H and O–H groups in total. The fraction of sp³-hybridized carbons (Fsp3) is 0.250. The van der Waals surface area contributed by atoms with Crippen LogP contribution in [-0.4, -0.2) is 14.1 Å². The summed E-state index contributed by atoms with van der Waals surface area (Å²) in [6, 6.07) is 12.0. The van der Waals surface area contributed by atoms with Crippen LogP contribution in [0.25, 0.3) is 0 Å². The molecule has 0 saturated heterocycles. The number of nitrogens with one attached hydrogen (secondary N) is 1. The SMILES string of the molecule is CN(C)c1ccc(NCc2ccc(C(F)F)cc2)cc1Cl. The van der Waals surface area contributed by atoms with E-state index in [1.807, 2.05) is 37.2 Å². The molecule has 5 heteroatoms. The molecule has 0 heterocycles. The summed E-state index contributed by atoms with van der Waals surface area (Å²) in [4.78, 5) is 1.94. The summed E-state index contributed by atoms with van der Waals surface area (Å²) in [7, 11) is 3.86. The molecule has 0 aliphatic rings. The number of halogens is 3. The number of benzene rings is 2. The van der Waals surface area contributed by atoms with Gasteiger partial charge in [0, 0.05) is 31.9 Å². The van der Waals surface area contributed by atoms with Crippen LogP contribution in [0.4, 0.5) is 20.2 Å². The maximum Gasteiger partial charge on any atom is 0.263 e. The zero-order chi connectivity index (χ0) is 15.4. The largest absolute Gasteiger partial charge is 0.381 e.